The summed E-state index contributed by atoms with van der Waals surface area (Å²) in [5.41, 5.74) is 7.44. The average Bonchev–Trinajstić information content (AvgIpc) is 2.35. The Morgan fingerprint density at radius 2 is 2.22 bits per heavy atom. The molecule has 3 N–H and O–H groups in total. The van der Waals surface area contributed by atoms with Crippen LogP contribution in [0.3, 0.4) is 0 Å². The Hall–Kier alpha value is -1.14. The fraction of sp³-hybridized carbons (Fsp3) is 0.333. The van der Waals surface area contributed by atoms with Crippen LogP contribution in [0.5, 0.6) is 0 Å². The first-order valence-electron chi connectivity index (χ1n) is 5.46. The van der Waals surface area contributed by atoms with E-state index in [2.05, 4.69) is 21.2 Å². The number of anilines is 1. The molecule has 98 valence electrons. The van der Waals surface area contributed by atoms with Crippen LogP contribution in [0.25, 0.3) is 0 Å². The maximum Gasteiger partial charge on any atom is 0.221 e. The van der Waals surface area contributed by atoms with Crippen molar-refractivity contribution in [3.63, 3.8) is 0 Å². The van der Waals surface area contributed by atoms with Crippen molar-refractivity contribution in [2.24, 2.45) is 5.73 Å². The summed E-state index contributed by atoms with van der Waals surface area (Å²) in [5.74, 6) is 0.0100. The maximum atomic E-state index is 11.2. The second-order valence-corrected chi connectivity index (χ2v) is 5.23. The summed E-state index contributed by atoms with van der Waals surface area (Å²) in [5, 5.41) is 2.59. The Kier molecular flexibility index (Phi) is 5.55. The topological polar surface area (TPSA) is 58.4 Å². The highest BCUT2D eigenvalue weighted by molar-refractivity contribution is 9.10. The average molecular weight is 330 g/mol. The number of carbonyl (C=O) groups excluding carboxylic acids is 1. The first-order valence-corrected chi connectivity index (χ1v) is 6.67. The van der Waals surface area contributed by atoms with Crippen LogP contribution in [0.4, 0.5) is 5.69 Å². The first kappa shape index (κ1) is 14.9. The van der Waals surface area contributed by atoms with Gasteiger partial charge in [0, 0.05) is 42.8 Å². The van der Waals surface area contributed by atoms with Crippen molar-refractivity contribution in [2.75, 3.05) is 25.5 Å². The number of hydrogen-bond acceptors (Lipinski definition) is 3. The van der Waals surface area contributed by atoms with Crippen molar-refractivity contribution in [3.8, 4) is 0 Å². The van der Waals surface area contributed by atoms with E-state index in [1.807, 2.05) is 30.1 Å². The van der Waals surface area contributed by atoms with Crippen molar-refractivity contribution < 1.29 is 4.79 Å². The zero-order valence-electron chi connectivity index (χ0n) is 10.4. The van der Waals surface area contributed by atoms with E-state index in [9.17, 15) is 4.79 Å². The van der Waals surface area contributed by atoms with Crippen LogP contribution in [0.2, 0.25) is 0 Å². The SMILES string of the molecule is CNC(=O)CCN(C)c1ccc(Br)cc1C(N)=S. The van der Waals surface area contributed by atoms with E-state index in [0.717, 1.165) is 15.7 Å². The molecule has 0 atom stereocenters. The quantitative estimate of drug-likeness (QED) is 0.806. The number of carbonyl (C=O) groups is 1. The molecule has 0 aliphatic rings. The lowest BCUT2D eigenvalue weighted by Crippen LogP contribution is -2.28. The largest absolute Gasteiger partial charge is 0.389 e. The summed E-state index contributed by atoms with van der Waals surface area (Å²) >= 11 is 8.43. The van der Waals surface area contributed by atoms with Gasteiger partial charge in [-0.15, -0.1) is 0 Å². The third kappa shape index (κ3) is 3.96. The zero-order chi connectivity index (χ0) is 13.7. The molecule has 0 spiro atoms. The highest BCUT2D eigenvalue weighted by Crippen LogP contribution is 2.24. The molecule has 1 aromatic carbocycles. The number of benzene rings is 1. The Bertz CT molecular complexity index is 465. The summed E-state index contributed by atoms with van der Waals surface area (Å²) in [4.78, 5) is 13.5. The lowest BCUT2D eigenvalue weighted by atomic mass is 10.1. The molecule has 0 heterocycles. The first-order chi connectivity index (χ1) is 8.45. The number of thiocarbonyl (C=S) groups is 1. The molecular weight excluding hydrogens is 314 g/mol. The Balaban J connectivity index is 2.88. The maximum absolute atomic E-state index is 11.2. The van der Waals surface area contributed by atoms with Gasteiger partial charge < -0.3 is 16.0 Å². The number of nitrogens with one attached hydrogen (secondary N) is 1. The highest BCUT2D eigenvalue weighted by atomic mass is 79.9. The standard InChI is InChI=1S/C12H16BrN3OS/c1-15-11(17)5-6-16(2)10-4-3-8(13)7-9(10)12(14)18/h3-4,7H,5-6H2,1-2H3,(H2,14,18)(H,15,17). The molecule has 6 heteroatoms. The van der Waals surface area contributed by atoms with Crippen molar-refractivity contribution in [1.82, 2.24) is 5.32 Å². The van der Waals surface area contributed by atoms with Crippen LogP contribution >= 0.6 is 28.1 Å². The van der Waals surface area contributed by atoms with Gasteiger partial charge in [-0.2, -0.15) is 0 Å². The second kappa shape index (κ2) is 6.70. The molecule has 0 bridgehead atoms. The van der Waals surface area contributed by atoms with Crippen LogP contribution in [0, 0.1) is 0 Å². The molecule has 1 amide bonds. The fourth-order valence-corrected chi connectivity index (χ4v) is 2.08. The molecule has 1 rings (SSSR count). The van der Waals surface area contributed by atoms with E-state index in [0.29, 0.717) is 18.0 Å². The fourth-order valence-electron chi connectivity index (χ4n) is 1.55. The number of nitrogens with zero attached hydrogens (tertiary/aromatic N) is 1. The Morgan fingerprint density at radius 3 is 2.78 bits per heavy atom. The predicted octanol–water partition coefficient (Wildman–Crippen LogP) is 1.66. The van der Waals surface area contributed by atoms with Gasteiger partial charge in [0.15, 0.2) is 0 Å². The minimum Gasteiger partial charge on any atom is -0.389 e. The lowest BCUT2D eigenvalue weighted by molar-refractivity contribution is -0.120. The summed E-state index contributed by atoms with van der Waals surface area (Å²) in [6, 6.07) is 5.74. The van der Waals surface area contributed by atoms with Gasteiger partial charge in [-0.25, -0.2) is 0 Å². The van der Waals surface area contributed by atoms with E-state index in [4.69, 9.17) is 18.0 Å². The number of hydrogen-bond donors (Lipinski definition) is 2. The van der Waals surface area contributed by atoms with Crippen molar-refractivity contribution in [1.29, 1.82) is 0 Å². The van der Waals surface area contributed by atoms with Crippen molar-refractivity contribution in [3.05, 3.63) is 28.2 Å². The van der Waals surface area contributed by atoms with Gasteiger partial charge >= 0.3 is 0 Å². The molecule has 0 aliphatic carbocycles. The van der Waals surface area contributed by atoms with Crippen molar-refractivity contribution in [2.45, 2.75) is 6.42 Å². The van der Waals surface area contributed by atoms with Gasteiger partial charge in [0.25, 0.3) is 0 Å². The van der Waals surface area contributed by atoms with Gasteiger partial charge in [0.2, 0.25) is 5.91 Å². The molecule has 4 nitrogen and oxygen atoms in total. The van der Waals surface area contributed by atoms with Crippen molar-refractivity contribution >= 4 is 44.7 Å². The van der Waals surface area contributed by atoms with Crippen LogP contribution in [0.15, 0.2) is 22.7 Å². The second-order valence-electron chi connectivity index (χ2n) is 3.87. The molecule has 18 heavy (non-hydrogen) atoms. The van der Waals surface area contributed by atoms with E-state index in [-0.39, 0.29) is 5.91 Å². The minimum atomic E-state index is 0.0100. The third-order valence-electron chi connectivity index (χ3n) is 2.59. The van der Waals surface area contributed by atoms with Gasteiger partial charge in [0.1, 0.15) is 4.99 Å². The molecule has 0 unspecified atom stereocenters. The van der Waals surface area contributed by atoms with E-state index in [1.54, 1.807) is 7.05 Å². The normalized spacial score (nSPS) is 9.94. The molecule has 1 aromatic rings. The zero-order valence-corrected chi connectivity index (χ0v) is 12.8. The summed E-state index contributed by atoms with van der Waals surface area (Å²) < 4.78 is 0.925. The predicted molar refractivity (Wildman–Crippen MR) is 82.0 cm³/mol. The third-order valence-corrected chi connectivity index (χ3v) is 3.30. The Morgan fingerprint density at radius 1 is 1.56 bits per heavy atom. The summed E-state index contributed by atoms with van der Waals surface area (Å²) in [7, 11) is 3.54. The lowest BCUT2D eigenvalue weighted by Gasteiger charge is -2.22. The minimum absolute atomic E-state index is 0.0100. The highest BCUT2D eigenvalue weighted by Gasteiger charge is 2.11. The van der Waals surface area contributed by atoms with Gasteiger partial charge in [-0.05, 0) is 18.2 Å². The van der Waals surface area contributed by atoms with Gasteiger partial charge in [-0.3, -0.25) is 4.79 Å². The smallest absolute Gasteiger partial charge is 0.221 e. The summed E-state index contributed by atoms with van der Waals surface area (Å²) in [6.07, 6.45) is 0.430. The van der Waals surface area contributed by atoms with Crippen LogP contribution < -0.4 is 16.0 Å². The van der Waals surface area contributed by atoms with Crippen LogP contribution in [-0.2, 0) is 4.79 Å². The van der Waals surface area contributed by atoms with E-state index in [1.165, 1.54) is 0 Å². The van der Waals surface area contributed by atoms with Gasteiger partial charge in [-0.1, -0.05) is 28.1 Å². The van der Waals surface area contributed by atoms with Gasteiger partial charge in [0.05, 0.1) is 0 Å². The molecule has 0 aromatic heterocycles. The number of nitrogens with two attached hydrogens (primary N) is 1. The van der Waals surface area contributed by atoms with E-state index < -0.39 is 0 Å². The molecule has 0 fully saturated rings. The van der Waals surface area contributed by atoms with Crippen LogP contribution in [0.1, 0.15) is 12.0 Å². The van der Waals surface area contributed by atoms with E-state index >= 15 is 0 Å². The monoisotopic (exact) mass is 329 g/mol. The molecule has 0 aliphatic heterocycles. The van der Waals surface area contributed by atoms with Crippen LogP contribution in [-0.4, -0.2) is 31.5 Å². The molecule has 0 radical (unpaired) electrons. The summed E-state index contributed by atoms with van der Waals surface area (Å²) in [6.45, 7) is 0.608. The molecule has 0 saturated heterocycles. The number of amides is 1. The molecule has 0 saturated carbocycles. The number of halogens is 1. The number of rotatable bonds is 5. The Labute approximate surface area is 121 Å². The molecular formula is C12H16BrN3OS.